The van der Waals surface area contributed by atoms with Gasteiger partial charge in [0, 0.05) is 16.8 Å². The first-order valence-electron chi connectivity index (χ1n) is 6.46. The third kappa shape index (κ3) is 3.91. The van der Waals surface area contributed by atoms with E-state index in [-0.39, 0.29) is 18.0 Å². The average Bonchev–Trinajstić information content (AvgIpc) is 2.48. The Morgan fingerprint density at radius 1 is 1.29 bits per heavy atom. The van der Waals surface area contributed by atoms with E-state index >= 15 is 0 Å². The van der Waals surface area contributed by atoms with Crippen LogP contribution in [0.15, 0.2) is 42.5 Å². The van der Waals surface area contributed by atoms with Crippen molar-refractivity contribution in [2.45, 2.75) is 6.92 Å². The maximum atomic E-state index is 13.1. The van der Waals surface area contributed by atoms with E-state index in [1.807, 2.05) is 19.1 Å². The minimum Gasteiger partial charge on any atom is -0.322 e. The van der Waals surface area contributed by atoms with Gasteiger partial charge in [0.2, 0.25) is 0 Å². The van der Waals surface area contributed by atoms with Crippen LogP contribution in [-0.4, -0.2) is 12.5 Å². The SMILES string of the molecule is Cc1ccc(C#CCN)cc1NC(=O)c1cccc(F)c1. The fourth-order valence-electron chi connectivity index (χ4n) is 1.81. The van der Waals surface area contributed by atoms with Gasteiger partial charge in [-0.25, -0.2) is 4.39 Å². The third-order valence-corrected chi connectivity index (χ3v) is 2.91. The van der Waals surface area contributed by atoms with Crippen LogP contribution in [0.25, 0.3) is 0 Å². The van der Waals surface area contributed by atoms with Crippen LogP contribution in [-0.2, 0) is 0 Å². The van der Waals surface area contributed by atoms with Gasteiger partial charge in [-0.15, -0.1) is 0 Å². The number of hydrogen-bond acceptors (Lipinski definition) is 2. The maximum Gasteiger partial charge on any atom is 0.255 e. The van der Waals surface area contributed by atoms with E-state index in [1.165, 1.54) is 18.2 Å². The zero-order chi connectivity index (χ0) is 15.2. The molecule has 0 heterocycles. The van der Waals surface area contributed by atoms with E-state index in [9.17, 15) is 9.18 Å². The Bertz CT molecular complexity index is 729. The van der Waals surface area contributed by atoms with Crippen molar-refractivity contribution in [3.8, 4) is 11.8 Å². The Morgan fingerprint density at radius 2 is 2.10 bits per heavy atom. The average molecular weight is 282 g/mol. The normalized spacial score (nSPS) is 9.67. The van der Waals surface area contributed by atoms with Crippen molar-refractivity contribution in [2.75, 3.05) is 11.9 Å². The Labute approximate surface area is 123 Å². The summed E-state index contributed by atoms with van der Waals surface area (Å²) in [5.41, 5.74) is 7.92. The van der Waals surface area contributed by atoms with Crippen molar-refractivity contribution >= 4 is 11.6 Å². The molecule has 0 fully saturated rings. The van der Waals surface area contributed by atoms with Gasteiger partial charge in [-0.2, -0.15) is 0 Å². The monoisotopic (exact) mass is 282 g/mol. The van der Waals surface area contributed by atoms with Crippen LogP contribution in [0, 0.1) is 24.6 Å². The fourth-order valence-corrected chi connectivity index (χ4v) is 1.81. The molecule has 0 aliphatic rings. The molecule has 0 bridgehead atoms. The first-order valence-corrected chi connectivity index (χ1v) is 6.46. The summed E-state index contributed by atoms with van der Waals surface area (Å²) >= 11 is 0. The second-order valence-electron chi connectivity index (χ2n) is 4.50. The first kappa shape index (κ1) is 14.8. The molecule has 0 saturated carbocycles. The third-order valence-electron chi connectivity index (χ3n) is 2.91. The van der Waals surface area contributed by atoms with Gasteiger partial charge in [0.15, 0.2) is 0 Å². The second-order valence-corrected chi connectivity index (χ2v) is 4.50. The van der Waals surface area contributed by atoms with Crippen molar-refractivity contribution in [1.29, 1.82) is 0 Å². The van der Waals surface area contributed by atoms with E-state index in [0.717, 1.165) is 11.1 Å². The van der Waals surface area contributed by atoms with Gasteiger partial charge >= 0.3 is 0 Å². The van der Waals surface area contributed by atoms with Crippen molar-refractivity contribution in [2.24, 2.45) is 5.73 Å². The van der Waals surface area contributed by atoms with E-state index < -0.39 is 5.82 Å². The predicted octanol–water partition coefficient (Wildman–Crippen LogP) is 2.70. The summed E-state index contributed by atoms with van der Waals surface area (Å²) in [6.45, 7) is 2.15. The number of carbonyl (C=O) groups excluding carboxylic acids is 1. The molecule has 4 heteroatoms. The van der Waals surface area contributed by atoms with Gasteiger partial charge in [0.25, 0.3) is 5.91 Å². The van der Waals surface area contributed by atoms with Crippen molar-refractivity contribution in [3.63, 3.8) is 0 Å². The zero-order valence-corrected chi connectivity index (χ0v) is 11.6. The summed E-state index contributed by atoms with van der Waals surface area (Å²) in [5, 5.41) is 2.77. The summed E-state index contributed by atoms with van der Waals surface area (Å²) < 4.78 is 13.1. The summed E-state index contributed by atoms with van der Waals surface area (Å²) in [7, 11) is 0. The molecule has 2 aromatic rings. The Balaban J connectivity index is 2.24. The molecule has 2 rings (SSSR count). The minimum absolute atomic E-state index is 0.271. The number of hydrogen-bond donors (Lipinski definition) is 2. The number of rotatable bonds is 2. The minimum atomic E-state index is -0.443. The lowest BCUT2D eigenvalue weighted by Crippen LogP contribution is -2.13. The molecule has 0 saturated heterocycles. The molecule has 3 N–H and O–H groups in total. The molecule has 0 atom stereocenters. The van der Waals surface area contributed by atoms with Gasteiger partial charge in [0.05, 0.1) is 6.54 Å². The van der Waals surface area contributed by atoms with Gasteiger partial charge in [-0.1, -0.05) is 24.0 Å². The molecule has 0 aliphatic heterocycles. The fraction of sp³-hybridized carbons (Fsp3) is 0.118. The molecule has 0 unspecified atom stereocenters. The molecule has 0 spiro atoms. The Morgan fingerprint density at radius 3 is 2.81 bits per heavy atom. The van der Waals surface area contributed by atoms with Crippen LogP contribution in [0.5, 0.6) is 0 Å². The second kappa shape index (κ2) is 6.69. The lowest BCUT2D eigenvalue weighted by molar-refractivity contribution is 0.102. The Hall–Kier alpha value is -2.64. The molecule has 21 heavy (non-hydrogen) atoms. The Kier molecular flexibility index (Phi) is 4.70. The van der Waals surface area contributed by atoms with Crippen LogP contribution in [0.4, 0.5) is 10.1 Å². The number of halogens is 1. The molecule has 0 aliphatic carbocycles. The highest BCUT2D eigenvalue weighted by atomic mass is 19.1. The topological polar surface area (TPSA) is 55.1 Å². The van der Waals surface area contributed by atoms with Crippen molar-refractivity contribution in [3.05, 3.63) is 65.0 Å². The summed E-state index contributed by atoms with van der Waals surface area (Å²) in [6, 6.07) is 11.0. The highest BCUT2D eigenvalue weighted by molar-refractivity contribution is 6.04. The van der Waals surface area contributed by atoms with E-state index in [1.54, 1.807) is 12.1 Å². The number of amides is 1. The van der Waals surface area contributed by atoms with E-state index in [0.29, 0.717) is 5.69 Å². The van der Waals surface area contributed by atoms with Crippen LogP contribution in [0.3, 0.4) is 0 Å². The summed E-state index contributed by atoms with van der Waals surface area (Å²) in [6.07, 6.45) is 0. The quantitative estimate of drug-likeness (QED) is 0.832. The van der Waals surface area contributed by atoms with Crippen LogP contribution in [0.1, 0.15) is 21.5 Å². The highest BCUT2D eigenvalue weighted by Gasteiger charge is 2.08. The smallest absolute Gasteiger partial charge is 0.255 e. The highest BCUT2D eigenvalue weighted by Crippen LogP contribution is 2.17. The number of nitrogens with one attached hydrogen (secondary N) is 1. The molecular weight excluding hydrogens is 267 g/mol. The largest absolute Gasteiger partial charge is 0.322 e. The number of nitrogens with two attached hydrogens (primary N) is 1. The summed E-state index contributed by atoms with van der Waals surface area (Å²) in [4.78, 5) is 12.1. The van der Waals surface area contributed by atoms with Crippen LogP contribution < -0.4 is 11.1 Å². The molecular formula is C17H15FN2O. The lowest BCUT2D eigenvalue weighted by atomic mass is 10.1. The van der Waals surface area contributed by atoms with Crippen molar-refractivity contribution < 1.29 is 9.18 Å². The van der Waals surface area contributed by atoms with Gasteiger partial charge in [0.1, 0.15) is 5.82 Å². The standard InChI is InChI=1S/C17H15FN2O/c1-12-7-8-13(4-3-9-19)10-16(12)20-17(21)14-5-2-6-15(18)11-14/h2,5-8,10-11H,9,19H2,1H3,(H,20,21). The number of benzene rings is 2. The molecule has 1 amide bonds. The molecule has 0 radical (unpaired) electrons. The van der Waals surface area contributed by atoms with Crippen LogP contribution in [0.2, 0.25) is 0 Å². The number of carbonyl (C=O) groups is 1. The van der Waals surface area contributed by atoms with Crippen molar-refractivity contribution in [1.82, 2.24) is 0 Å². The zero-order valence-electron chi connectivity index (χ0n) is 11.6. The van der Waals surface area contributed by atoms with Gasteiger partial charge in [-0.3, -0.25) is 4.79 Å². The molecule has 2 aromatic carbocycles. The van der Waals surface area contributed by atoms with E-state index in [2.05, 4.69) is 17.2 Å². The predicted molar refractivity (Wildman–Crippen MR) is 81.5 cm³/mol. The number of aryl methyl sites for hydroxylation is 1. The van der Waals surface area contributed by atoms with Crippen LogP contribution >= 0.6 is 0 Å². The first-order chi connectivity index (χ1) is 10.1. The summed E-state index contributed by atoms with van der Waals surface area (Å²) in [5.74, 6) is 4.86. The number of anilines is 1. The van der Waals surface area contributed by atoms with E-state index in [4.69, 9.17) is 5.73 Å². The molecule has 0 aromatic heterocycles. The molecule has 106 valence electrons. The van der Waals surface area contributed by atoms with Gasteiger partial charge in [-0.05, 0) is 42.8 Å². The molecule has 3 nitrogen and oxygen atoms in total. The maximum absolute atomic E-state index is 13.1. The lowest BCUT2D eigenvalue weighted by Gasteiger charge is -2.09. The van der Waals surface area contributed by atoms with Gasteiger partial charge < -0.3 is 11.1 Å².